The summed E-state index contributed by atoms with van der Waals surface area (Å²) in [4.78, 5) is 19.3. The van der Waals surface area contributed by atoms with Crippen LogP contribution in [0.25, 0.3) is 22.4 Å². The molecule has 6 nitrogen and oxygen atoms in total. The topological polar surface area (TPSA) is 77.0 Å². The summed E-state index contributed by atoms with van der Waals surface area (Å²) in [5.74, 6) is 0.0199. The summed E-state index contributed by atoms with van der Waals surface area (Å²) in [5, 5.41) is 4.81. The van der Waals surface area contributed by atoms with Gasteiger partial charge < -0.3 is 10.6 Å². The fourth-order valence-corrected chi connectivity index (χ4v) is 4.80. The lowest BCUT2D eigenvalue weighted by Crippen LogP contribution is -2.42. The first kappa shape index (κ1) is 21.4. The summed E-state index contributed by atoms with van der Waals surface area (Å²) in [7, 11) is 1.86. The van der Waals surface area contributed by atoms with Gasteiger partial charge in [0.1, 0.15) is 0 Å². The molecule has 0 saturated heterocycles. The Morgan fingerprint density at radius 3 is 2.64 bits per heavy atom. The number of amides is 1. The highest BCUT2D eigenvalue weighted by Crippen LogP contribution is 2.33. The molecule has 0 saturated carbocycles. The van der Waals surface area contributed by atoms with E-state index in [2.05, 4.69) is 28.3 Å². The van der Waals surface area contributed by atoms with Crippen molar-refractivity contribution in [1.82, 2.24) is 19.7 Å². The smallest absolute Gasteiger partial charge is 0.254 e. The van der Waals surface area contributed by atoms with Crippen molar-refractivity contribution in [1.29, 1.82) is 0 Å². The number of aromatic nitrogens is 3. The van der Waals surface area contributed by atoms with Gasteiger partial charge in [0.05, 0.1) is 16.9 Å². The number of carbonyl (C=O) groups is 1. The molecule has 0 unspecified atom stereocenters. The van der Waals surface area contributed by atoms with Crippen LogP contribution < -0.4 is 5.73 Å². The molecule has 166 valence electrons. The predicted octanol–water partition coefficient (Wildman–Crippen LogP) is 4.33. The molecular formula is C26H24ClN5O. The van der Waals surface area contributed by atoms with E-state index in [0.29, 0.717) is 24.5 Å². The Hall–Kier alpha value is -3.48. The van der Waals surface area contributed by atoms with E-state index in [1.54, 1.807) is 17.1 Å². The molecular weight excluding hydrogens is 434 g/mol. The highest BCUT2D eigenvalue weighted by molar-refractivity contribution is 6.33. The zero-order chi connectivity index (χ0) is 22.9. The molecule has 5 rings (SSSR count). The van der Waals surface area contributed by atoms with E-state index in [1.165, 1.54) is 0 Å². The number of hydrogen-bond donors (Lipinski definition) is 1. The molecule has 2 N–H and O–H groups in total. The summed E-state index contributed by atoms with van der Waals surface area (Å²) in [6.07, 6.45) is 5.94. The maximum atomic E-state index is 13.2. The zero-order valence-electron chi connectivity index (χ0n) is 18.3. The zero-order valence-corrected chi connectivity index (χ0v) is 19.0. The van der Waals surface area contributed by atoms with Gasteiger partial charge in [-0.2, -0.15) is 5.10 Å². The predicted molar refractivity (Wildman–Crippen MR) is 130 cm³/mol. The van der Waals surface area contributed by atoms with Gasteiger partial charge in [-0.1, -0.05) is 48.0 Å². The summed E-state index contributed by atoms with van der Waals surface area (Å²) in [6.45, 7) is 0.916. The molecule has 1 aliphatic rings. The maximum absolute atomic E-state index is 13.2. The van der Waals surface area contributed by atoms with Crippen LogP contribution in [0.15, 0.2) is 73.2 Å². The van der Waals surface area contributed by atoms with Crippen molar-refractivity contribution in [2.24, 2.45) is 12.8 Å². The van der Waals surface area contributed by atoms with Crippen LogP contribution in [0.1, 0.15) is 21.5 Å². The van der Waals surface area contributed by atoms with E-state index < -0.39 is 0 Å². The van der Waals surface area contributed by atoms with Crippen molar-refractivity contribution in [3.63, 3.8) is 0 Å². The molecule has 2 aromatic heterocycles. The third kappa shape index (κ3) is 4.03. The second kappa shape index (κ2) is 8.81. The van der Waals surface area contributed by atoms with Gasteiger partial charge in [0, 0.05) is 49.7 Å². The minimum absolute atomic E-state index is 0.0199. The van der Waals surface area contributed by atoms with Crippen LogP contribution in [-0.4, -0.2) is 38.2 Å². The number of benzene rings is 2. The van der Waals surface area contributed by atoms with E-state index in [4.69, 9.17) is 17.3 Å². The van der Waals surface area contributed by atoms with Crippen molar-refractivity contribution in [3.8, 4) is 22.4 Å². The number of halogens is 1. The first-order valence-corrected chi connectivity index (χ1v) is 11.2. The van der Waals surface area contributed by atoms with Gasteiger partial charge in [0.2, 0.25) is 0 Å². The molecule has 1 aliphatic heterocycles. The minimum Gasteiger partial charge on any atom is -0.330 e. The molecule has 0 bridgehead atoms. The molecule has 33 heavy (non-hydrogen) atoms. The number of nitrogens with zero attached hydrogens (tertiary/aromatic N) is 4. The molecule has 7 heteroatoms. The second-order valence-electron chi connectivity index (χ2n) is 8.31. The average molecular weight is 458 g/mol. The van der Waals surface area contributed by atoms with Gasteiger partial charge in [-0.25, -0.2) is 0 Å². The van der Waals surface area contributed by atoms with Crippen molar-refractivity contribution in [2.75, 3.05) is 6.54 Å². The minimum atomic E-state index is -0.0993. The van der Waals surface area contributed by atoms with Gasteiger partial charge in [-0.15, -0.1) is 0 Å². The molecule has 2 aromatic carbocycles. The van der Waals surface area contributed by atoms with Crippen LogP contribution >= 0.6 is 11.6 Å². The molecule has 4 aromatic rings. The van der Waals surface area contributed by atoms with Crippen LogP contribution in [0.5, 0.6) is 0 Å². The lowest BCUT2D eigenvalue weighted by molar-refractivity contribution is 0.0708. The third-order valence-electron chi connectivity index (χ3n) is 6.21. The van der Waals surface area contributed by atoms with E-state index >= 15 is 0 Å². The summed E-state index contributed by atoms with van der Waals surface area (Å²) in [5.41, 5.74) is 13.0. The third-order valence-corrected chi connectivity index (χ3v) is 6.49. The van der Waals surface area contributed by atoms with Gasteiger partial charge >= 0.3 is 0 Å². The fourth-order valence-electron chi connectivity index (χ4n) is 4.53. The Kier molecular flexibility index (Phi) is 5.70. The number of pyridine rings is 1. The largest absolute Gasteiger partial charge is 0.330 e. The van der Waals surface area contributed by atoms with Crippen molar-refractivity contribution < 1.29 is 4.79 Å². The Morgan fingerprint density at radius 2 is 1.91 bits per heavy atom. The molecule has 0 radical (unpaired) electrons. The van der Waals surface area contributed by atoms with Gasteiger partial charge in [-0.05, 0) is 46.9 Å². The number of rotatable bonds is 6. The monoisotopic (exact) mass is 457 g/mol. The average Bonchev–Trinajstić information content (AvgIpc) is 3.36. The fraction of sp³-hybridized carbons (Fsp3) is 0.192. The molecule has 3 heterocycles. The quantitative estimate of drug-likeness (QED) is 0.467. The van der Waals surface area contributed by atoms with Gasteiger partial charge in [-0.3, -0.25) is 14.5 Å². The number of aryl methyl sites for hydroxylation is 1. The second-order valence-corrected chi connectivity index (χ2v) is 8.71. The van der Waals surface area contributed by atoms with E-state index in [0.717, 1.165) is 39.1 Å². The summed E-state index contributed by atoms with van der Waals surface area (Å²) < 4.78 is 1.75. The Bertz CT molecular complexity index is 1300. The molecule has 0 aliphatic carbocycles. The Balaban J connectivity index is 1.39. The SMILES string of the molecule is Cn1ncc(Cl)c1-c1ccc2c(c1)CN([C@H](CN)Cc1cccc(-c3cccnc3)c1)C2=O. The van der Waals surface area contributed by atoms with Crippen molar-refractivity contribution in [2.45, 2.75) is 19.0 Å². The summed E-state index contributed by atoms with van der Waals surface area (Å²) >= 11 is 6.33. The Labute approximate surface area is 197 Å². The molecule has 1 atom stereocenters. The number of nitrogens with two attached hydrogens (primary N) is 1. The number of hydrogen-bond acceptors (Lipinski definition) is 4. The van der Waals surface area contributed by atoms with Gasteiger partial charge in [0.25, 0.3) is 5.91 Å². The van der Waals surface area contributed by atoms with E-state index in [1.807, 2.05) is 54.5 Å². The summed E-state index contributed by atoms with van der Waals surface area (Å²) in [6, 6.07) is 18.1. The number of fused-ring (bicyclic) bond motifs is 1. The van der Waals surface area contributed by atoms with Crippen LogP contribution in [0.3, 0.4) is 0 Å². The van der Waals surface area contributed by atoms with Crippen molar-refractivity contribution in [3.05, 3.63) is 94.9 Å². The van der Waals surface area contributed by atoms with E-state index in [-0.39, 0.29) is 11.9 Å². The molecule has 1 amide bonds. The number of carbonyl (C=O) groups excluding carboxylic acids is 1. The lowest BCUT2D eigenvalue weighted by atomic mass is 9.99. The van der Waals surface area contributed by atoms with E-state index in [9.17, 15) is 4.79 Å². The van der Waals surface area contributed by atoms with Crippen molar-refractivity contribution >= 4 is 17.5 Å². The van der Waals surface area contributed by atoms with Crippen LogP contribution in [-0.2, 0) is 20.0 Å². The van der Waals surface area contributed by atoms with Gasteiger partial charge in [0.15, 0.2) is 0 Å². The Morgan fingerprint density at radius 1 is 1.06 bits per heavy atom. The molecule has 0 spiro atoms. The highest BCUT2D eigenvalue weighted by Gasteiger charge is 2.32. The lowest BCUT2D eigenvalue weighted by Gasteiger charge is -2.27. The maximum Gasteiger partial charge on any atom is 0.254 e. The first-order valence-electron chi connectivity index (χ1n) is 10.9. The highest BCUT2D eigenvalue weighted by atomic mass is 35.5. The molecule has 0 fully saturated rings. The standard InChI is InChI=1S/C26H24ClN5O/c1-31-25(24(27)15-30-31)19-7-8-23-21(12-19)16-32(26(23)33)22(13-28)11-17-4-2-5-18(10-17)20-6-3-9-29-14-20/h2-10,12,14-15,22H,11,13,16,28H2,1H3/t22-/m0/s1. The normalized spacial score (nSPS) is 13.9. The van der Waals surface area contributed by atoms with Crippen LogP contribution in [0.2, 0.25) is 5.02 Å². The van der Waals surface area contributed by atoms with Crippen LogP contribution in [0.4, 0.5) is 0 Å². The van der Waals surface area contributed by atoms with Crippen LogP contribution in [0, 0.1) is 0 Å². The first-order chi connectivity index (χ1) is 16.0.